The van der Waals surface area contributed by atoms with Gasteiger partial charge < -0.3 is 16.4 Å². The van der Waals surface area contributed by atoms with Crippen LogP contribution in [0, 0.1) is 0 Å². The van der Waals surface area contributed by atoms with Crippen molar-refractivity contribution in [3.05, 3.63) is 29.8 Å². The van der Waals surface area contributed by atoms with Gasteiger partial charge in [0, 0.05) is 17.3 Å². The number of hydrogen-bond acceptors (Lipinski definition) is 2. The van der Waals surface area contributed by atoms with Crippen LogP contribution in [0.5, 0.6) is 0 Å². The fourth-order valence-corrected chi connectivity index (χ4v) is 2.63. The van der Waals surface area contributed by atoms with Crippen LogP contribution in [0.15, 0.2) is 24.3 Å². The van der Waals surface area contributed by atoms with E-state index in [0.717, 1.165) is 5.69 Å². The molecule has 4 nitrogen and oxygen atoms in total. The summed E-state index contributed by atoms with van der Waals surface area (Å²) in [5.41, 5.74) is 6.51. The Kier molecular flexibility index (Phi) is 4.74. The number of primary amides is 1. The molecule has 19 heavy (non-hydrogen) atoms. The lowest BCUT2D eigenvalue weighted by Gasteiger charge is -2.24. The molecule has 0 heterocycles. The van der Waals surface area contributed by atoms with Gasteiger partial charge in [0.1, 0.15) is 0 Å². The van der Waals surface area contributed by atoms with Crippen molar-refractivity contribution < 1.29 is 4.79 Å². The van der Waals surface area contributed by atoms with Gasteiger partial charge in [-0.1, -0.05) is 25.3 Å². The van der Waals surface area contributed by atoms with Crippen molar-refractivity contribution in [3.8, 4) is 0 Å². The Labute approximate surface area is 118 Å². The molecule has 0 atom stereocenters. The molecule has 1 aliphatic rings. The third kappa shape index (κ3) is 4.21. The summed E-state index contributed by atoms with van der Waals surface area (Å²) in [5, 5.41) is 7.02. The van der Waals surface area contributed by atoms with E-state index in [0.29, 0.717) is 16.7 Å². The average Bonchev–Trinajstić information content (AvgIpc) is 2.40. The van der Waals surface area contributed by atoms with Crippen molar-refractivity contribution in [2.24, 2.45) is 5.73 Å². The Morgan fingerprint density at radius 3 is 2.68 bits per heavy atom. The molecular weight excluding hydrogens is 258 g/mol. The van der Waals surface area contributed by atoms with Crippen LogP contribution in [-0.4, -0.2) is 17.1 Å². The van der Waals surface area contributed by atoms with Crippen molar-refractivity contribution in [2.45, 2.75) is 38.1 Å². The number of benzene rings is 1. The summed E-state index contributed by atoms with van der Waals surface area (Å²) in [7, 11) is 0. The zero-order valence-corrected chi connectivity index (χ0v) is 11.6. The highest BCUT2D eigenvalue weighted by molar-refractivity contribution is 7.80. The standard InChI is InChI=1S/C14H19N3OS/c15-13(18)10-5-4-8-12(9-10)17-14(19)16-11-6-2-1-3-7-11/h4-5,8-9,11H,1-3,6-7H2,(H2,15,18)(H2,16,17,19). The Balaban J connectivity index is 1.90. The molecule has 1 fully saturated rings. The van der Waals surface area contributed by atoms with E-state index in [1.165, 1.54) is 32.1 Å². The fraction of sp³-hybridized carbons (Fsp3) is 0.429. The van der Waals surface area contributed by atoms with Crippen LogP contribution in [0.1, 0.15) is 42.5 Å². The summed E-state index contributed by atoms with van der Waals surface area (Å²) in [6, 6.07) is 7.50. The fourth-order valence-electron chi connectivity index (χ4n) is 2.35. The highest BCUT2D eigenvalue weighted by atomic mass is 32.1. The predicted octanol–water partition coefficient (Wildman–Crippen LogP) is 2.40. The Bertz CT molecular complexity index is 470. The molecule has 1 aromatic rings. The van der Waals surface area contributed by atoms with Gasteiger partial charge in [-0.3, -0.25) is 4.79 Å². The van der Waals surface area contributed by atoms with Crippen LogP contribution in [0.2, 0.25) is 0 Å². The van der Waals surface area contributed by atoms with E-state index in [1.54, 1.807) is 18.2 Å². The molecule has 0 radical (unpaired) electrons. The molecule has 5 heteroatoms. The molecule has 0 aliphatic heterocycles. The molecule has 1 aliphatic carbocycles. The average molecular weight is 277 g/mol. The minimum Gasteiger partial charge on any atom is -0.366 e. The van der Waals surface area contributed by atoms with Crippen molar-refractivity contribution in [1.82, 2.24) is 5.32 Å². The van der Waals surface area contributed by atoms with E-state index >= 15 is 0 Å². The number of rotatable bonds is 3. The van der Waals surface area contributed by atoms with E-state index < -0.39 is 5.91 Å². The van der Waals surface area contributed by atoms with Gasteiger partial charge in [0.2, 0.25) is 5.91 Å². The largest absolute Gasteiger partial charge is 0.366 e. The SMILES string of the molecule is NC(=O)c1cccc(NC(=S)NC2CCCCC2)c1. The number of anilines is 1. The van der Waals surface area contributed by atoms with Crippen molar-refractivity contribution >= 4 is 28.9 Å². The van der Waals surface area contributed by atoms with Crippen molar-refractivity contribution in [1.29, 1.82) is 0 Å². The van der Waals surface area contributed by atoms with E-state index in [9.17, 15) is 4.79 Å². The van der Waals surface area contributed by atoms with Gasteiger partial charge in [-0.05, 0) is 43.3 Å². The lowest BCUT2D eigenvalue weighted by molar-refractivity contribution is 0.100. The lowest BCUT2D eigenvalue weighted by Crippen LogP contribution is -2.38. The summed E-state index contributed by atoms with van der Waals surface area (Å²) < 4.78 is 0. The smallest absolute Gasteiger partial charge is 0.248 e. The van der Waals surface area contributed by atoms with E-state index in [2.05, 4.69) is 10.6 Å². The molecule has 1 saturated carbocycles. The summed E-state index contributed by atoms with van der Waals surface area (Å²) in [5.74, 6) is -0.435. The maximum atomic E-state index is 11.1. The first kappa shape index (κ1) is 13.8. The number of thiocarbonyl (C=S) groups is 1. The number of hydrogen-bond donors (Lipinski definition) is 3. The maximum absolute atomic E-state index is 11.1. The summed E-state index contributed by atoms with van der Waals surface area (Å²) in [4.78, 5) is 11.1. The topological polar surface area (TPSA) is 67.2 Å². The number of amides is 1. The Hall–Kier alpha value is -1.62. The molecule has 0 spiro atoms. The highest BCUT2D eigenvalue weighted by Crippen LogP contribution is 2.17. The van der Waals surface area contributed by atoms with Crippen LogP contribution >= 0.6 is 12.2 Å². The van der Waals surface area contributed by atoms with Crippen molar-refractivity contribution in [3.63, 3.8) is 0 Å². The second-order valence-corrected chi connectivity index (χ2v) is 5.29. The Morgan fingerprint density at radius 2 is 2.00 bits per heavy atom. The highest BCUT2D eigenvalue weighted by Gasteiger charge is 2.14. The molecule has 1 aromatic carbocycles. The Morgan fingerprint density at radius 1 is 1.26 bits per heavy atom. The molecule has 0 bridgehead atoms. The van der Waals surface area contributed by atoms with Gasteiger partial charge in [0.05, 0.1) is 0 Å². The molecule has 102 valence electrons. The first-order chi connectivity index (χ1) is 9.15. The maximum Gasteiger partial charge on any atom is 0.248 e. The summed E-state index contributed by atoms with van der Waals surface area (Å²) in [6.45, 7) is 0. The molecule has 1 amide bonds. The van der Waals surface area contributed by atoms with Crippen molar-refractivity contribution in [2.75, 3.05) is 5.32 Å². The molecule has 0 saturated heterocycles. The summed E-state index contributed by atoms with van der Waals surface area (Å²) in [6.07, 6.45) is 6.18. The minimum atomic E-state index is -0.435. The van der Waals surface area contributed by atoms with Gasteiger partial charge in [-0.2, -0.15) is 0 Å². The van der Waals surface area contributed by atoms with Gasteiger partial charge in [-0.15, -0.1) is 0 Å². The number of nitrogens with two attached hydrogens (primary N) is 1. The van der Waals surface area contributed by atoms with Gasteiger partial charge in [0.25, 0.3) is 0 Å². The zero-order chi connectivity index (χ0) is 13.7. The normalized spacial score (nSPS) is 15.8. The van der Waals surface area contributed by atoms with E-state index in [1.807, 2.05) is 6.07 Å². The molecule has 0 unspecified atom stereocenters. The van der Waals surface area contributed by atoms with E-state index in [4.69, 9.17) is 18.0 Å². The molecule has 0 aromatic heterocycles. The number of carbonyl (C=O) groups excluding carboxylic acids is 1. The quantitative estimate of drug-likeness (QED) is 0.742. The predicted molar refractivity (Wildman–Crippen MR) is 81.2 cm³/mol. The number of nitrogens with one attached hydrogen (secondary N) is 2. The zero-order valence-electron chi connectivity index (χ0n) is 10.8. The van der Waals surface area contributed by atoms with Gasteiger partial charge >= 0.3 is 0 Å². The first-order valence-electron chi connectivity index (χ1n) is 6.62. The molecular formula is C14H19N3OS. The van der Waals surface area contributed by atoms with Crippen LogP contribution in [0.25, 0.3) is 0 Å². The number of carbonyl (C=O) groups is 1. The third-order valence-corrected chi connectivity index (χ3v) is 3.57. The van der Waals surface area contributed by atoms with E-state index in [-0.39, 0.29) is 0 Å². The third-order valence-electron chi connectivity index (χ3n) is 3.35. The van der Waals surface area contributed by atoms with Crippen LogP contribution < -0.4 is 16.4 Å². The second-order valence-electron chi connectivity index (χ2n) is 4.88. The molecule has 4 N–H and O–H groups in total. The molecule has 2 rings (SSSR count). The second kappa shape index (κ2) is 6.52. The monoisotopic (exact) mass is 277 g/mol. The summed E-state index contributed by atoms with van der Waals surface area (Å²) >= 11 is 5.29. The van der Waals surface area contributed by atoms with Gasteiger partial charge in [-0.25, -0.2) is 0 Å². The minimum absolute atomic E-state index is 0.435. The first-order valence-corrected chi connectivity index (χ1v) is 7.03. The van der Waals surface area contributed by atoms with Crippen LogP contribution in [0.3, 0.4) is 0 Å². The van der Waals surface area contributed by atoms with Crippen LogP contribution in [-0.2, 0) is 0 Å². The lowest BCUT2D eigenvalue weighted by atomic mass is 9.96. The van der Waals surface area contributed by atoms with Gasteiger partial charge in [0.15, 0.2) is 5.11 Å². The van der Waals surface area contributed by atoms with Crippen LogP contribution in [0.4, 0.5) is 5.69 Å².